The highest BCUT2D eigenvalue weighted by Gasteiger charge is 2.20. The van der Waals surface area contributed by atoms with Crippen molar-refractivity contribution in [3.63, 3.8) is 0 Å². The number of aromatic nitrogens is 1. The van der Waals surface area contributed by atoms with Crippen LogP contribution in [0.2, 0.25) is 10.0 Å². The van der Waals surface area contributed by atoms with Crippen LogP contribution in [-0.4, -0.2) is 32.3 Å². The molecule has 0 aliphatic carbocycles. The second kappa shape index (κ2) is 7.03. The Hall–Kier alpha value is -2.29. The molecule has 0 unspecified atom stereocenters. The van der Waals surface area contributed by atoms with Gasteiger partial charge in [0.1, 0.15) is 11.6 Å². The summed E-state index contributed by atoms with van der Waals surface area (Å²) >= 11 is 12.5. The van der Waals surface area contributed by atoms with Crippen molar-refractivity contribution >= 4 is 50.0 Å². The maximum Gasteiger partial charge on any atom is 0.267 e. The molecule has 0 saturated heterocycles. The molecule has 142 valence electrons. The number of nitrogens with zero attached hydrogens (tertiary/aromatic N) is 1. The van der Waals surface area contributed by atoms with E-state index in [0.717, 1.165) is 18.4 Å². The number of rotatable bonds is 4. The number of fused-ring (bicyclic) bond motifs is 1. The molecule has 27 heavy (non-hydrogen) atoms. The summed E-state index contributed by atoms with van der Waals surface area (Å²) in [5.74, 6) is -1.43. The number of carbonyl (C=O) groups excluding carboxylic acids is 1. The van der Waals surface area contributed by atoms with Crippen molar-refractivity contribution in [3.05, 3.63) is 58.0 Å². The topological polar surface area (TPSA) is 77.4 Å². The highest BCUT2D eigenvalue weighted by Crippen LogP contribution is 2.34. The smallest absolute Gasteiger partial charge is 0.267 e. The van der Waals surface area contributed by atoms with E-state index in [1.165, 1.54) is 7.11 Å². The number of halogens is 3. The van der Waals surface area contributed by atoms with Gasteiger partial charge in [-0.25, -0.2) is 17.5 Å². The van der Waals surface area contributed by atoms with Crippen LogP contribution in [0.1, 0.15) is 10.4 Å². The summed E-state index contributed by atoms with van der Waals surface area (Å²) in [5, 5.41) is 1.12. The Kier molecular flexibility index (Phi) is 5.07. The van der Waals surface area contributed by atoms with Crippen molar-refractivity contribution in [1.82, 2.24) is 9.29 Å². The fraction of sp³-hybridized carbons (Fsp3) is 0.118. The maximum absolute atomic E-state index is 14.5. The summed E-state index contributed by atoms with van der Waals surface area (Å²) in [6.07, 6.45) is 2.35. The molecule has 0 aliphatic heterocycles. The molecule has 10 heteroatoms. The number of methoxy groups -OCH3 is 1. The van der Waals surface area contributed by atoms with E-state index in [2.05, 4.69) is 0 Å². The van der Waals surface area contributed by atoms with E-state index in [0.29, 0.717) is 21.7 Å². The summed E-state index contributed by atoms with van der Waals surface area (Å²) in [6, 6.07) is 7.29. The molecule has 1 heterocycles. The number of hydrogen-bond donors (Lipinski definition) is 1. The molecule has 3 aromatic rings. The van der Waals surface area contributed by atoms with Gasteiger partial charge in [0.05, 0.1) is 40.2 Å². The Bertz CT molecular complexity index is 1180. The second-order valence-electron chi connectivity index (χ2n) is 5.72. The first-order valence-electron chi connectivity index (χ1n) is 7.47. The lowest BCUT2D eigenvalue weighted by molar-refractivity contribution is 0.0978. The van der Waals surface area contributed by atoms with Gasteiger partial charge in [0.2, 0.25) is 10.0 Å². The van der Waals surface area contributed by atoms with Gasteiger partial charge in [-0.2, -0.15) is 0 Å². The van der Waals surface area contributed by atoms with E-state index in [-0.39, 0.29) is 10.7 Å². The van der Waals surface area contributed by atoms with Crippen LogP contribution in [-0.2, 0) is 10.0 Å². The van der Waals surface area contributed by atoms with Gasteiger partial charge in [-0.05, 0) is 24.3 Å². The van der Waals surface area contributed by atoms with Gasteiger partial charge in [-0.1, -0.05) is 23.2 Å². The van der Waals surface area contributed by atoms with E-state index >= 15 is 0 Å². The minimum Gasteiger partial charge on any atom is -0.497 e. The van der Waals surface area contributed by atoms with E-state index < -0.39 is 27.3 Å². The predicted octanol–water partition coefficient (Wildman–Crippen LogP) is 3.77. The number of amides is 1. The lowest BCUT2D eigenvalue weighted by Gasteiger charge is -2.11. The van der Waals surface area contributed by atoms with Crippen LogP contribution < -0.4 is 9.46 Å². The standard InChI is InChI=1S/C17H13Cl2FN2O4S/c1-26-9-3-4-15-10(5-9)13(19)8-22(15)16-7-14(20)11(6-12(16)18)17(23)21-27(2,24)25/h3-8H,1-2H3,(H,21,23). The highest BCUT2D eigenvalue weighted by molar-refractivity contribution is 7.89. The molecule has 0 atom stereocenters. The van der Waals surface area contributed by atoms with Gasteiger partial charge >= 0.3 is 0 Å². The molecule has 0 saturated carbocycles. The molecule has 0 bridgehead atoms. The summed E-state index contributed by atoms with van der Waals surface area (Å²) in [5.41, 5.74) is 0.404. The van der Waals surface area contributed by atoms with Crippen LogP contribution in [0.25, 0.3) is 16.6 Å². The molecule has 1 N–H and O–H groups in total. The van der Waals surface area contributed by atoms with Gasteiger partial charge < -0.3 is 9.30 Å². The summed E-state index contributed by atoms with van der Waals surface area (Å²) in [7, 11) is -2.31. The van der Waals surface area contributed by atoms with Crippen molar-refractivity contribution in [1.29, 1.82) is 0 Å². The average Bonchev–Trinajstić information content (AvgIpc) is 2.91. The van der Waals surface area contributed by atoms with Crippen LogP contribution in [0, 0.1) is 5.82 Å². The number of benzene rings is 2. The Morgan fingerprint density at radius 2 is 1.89 bits per heavy atom. The molecule has 3 rings (SSSR count). The summed E-state index contributed by atoms with van der Waals surface area (Å²) in [4.78, 5) is 11.9. The minimum atomic E-state index is -3.84. The number of hydrogen-bond acceptors (Lipinski definition) is 4. The molecule has 6 nitrogen and oxygen atoms in total. The molecule has 1 aromatic heterocycles. The first kappa shape index (κ1) is 19.5. The Morgan fingerprint density at radius 3 is 2.52 bits per heavy atom. The maximum atomic E-state index is 14.5. The van der Waals surface area contributed by atoms with Crippen LogP contribution in [0.5, 0.6) is 5.75 Å². The van der Waals surface area contributed by atoms with E-state index in [1.54, 1.807) is 33.7 Å². The van der Waals surface area contributed by atoms with Gasteiger partial charge in [0.25, 0.3) is 5.91 Å². The Labute approximate surface area is 164 Å². The van der Waals surface area contributed by atoms with Crippen molar-refractivity contribution in [2.24, 2.45) is 0 Å². The first-order chi connectivity index (χ1) is 12.6. The normalized spacial score (nSPS) is 11.6. The van der Waals surface area contributed by atoms with Crippen molar-refractivity contribution in [3.8, 4) is 11.4 Å². The summed E-state index contributed by atoms with van der Waals surface area (Å²) in [6.45, 7) is 0. The van der Waals surface area contributed by atoms with Gasteiger partial charge in [-0.15, -0.1) is 0 Å². The quantitative estimate of drug-likeness (QED) is 0.682. The Morgan fingerprint density at radius 1 is 1.19 bits per heavy atom. The number of ether oxygens (including phenoxy) is 1. The molecule has 1 amide bonds. The summed E-state index contributed by atoms with van der Waals surface area (Å²) < 4.78 is 45.3. The monoisotopic (exact) mass is 430 g/mol. The van der Waals surface area contributed by atoms with E-state index in [9.17, 15) is 17.6 Å². The lowest BCUT2D eigenvalue weighted by Crippen LogP contribution is -2.30. The molecule has 0 fully saturated rings. The van der Waals surface area contributed by atoms with E-state index in [1.807, 2.05) is 0 Å². The van der Waals surface area contributed by atoms with Crippen molar-refractivity contribution < 1.29 is 22.3 Å². The average molecular weight is 431 g/mol. The lowest BCUT2D eigenvalue weighted by atomic mass is 10.1. The molecular formula is C17H13Cl2FN2O4S. The third-order valence-corrected chi connectivity index (χ3v) is 4.94. The molecule has 2 aromatic carbocycles. The molecule has 0 radical (unpaired) electrons. The van der Waals surface area contributed by atoms with Gasteiger partial charge in [0.15, 0.2) is 0 Å². The third kappa shape index (κ3) is 3.87. The van der Waals surface area contributed by atoms with Crippen LogP contribution in [0.3, 0.4) is 0 Å². The van der Waals surface area contributed by atoms with Crippen LogP contribution in [0.15, 0.2) is 36.5 Å². The SMILES string of the molecule is COc1ccc2c(c1)c(Cl)cn2-c1cc(F)c(C(=O)NS(C)(=O)=O)cc1Cl. The third-order valence-electron chi connectivity index (χ3n) is 3.78. The number of carbonyl (C=O) groups is 1. The highest BCUT2D eigenvalue weighted by atomic mass is 35.5. The molecular weight excluding hydrogens is 418 g/mol. The fourth-order valence-electron chi connectivity index (χ4n) is 2.61. The molecule has 0 spiro atoms. The zero-order valence-corrected chi connectivity index (χ0v) is 16.4. The minimum absolute atomic E-state index is 0.0411. The van der Waals surface area contributed by atoms with Gasteiger partial charge in [-0.3, -0.25) is 4.79 Å². The van der Waals surface area contributed by atoms with Crippen molar-refractivity contribution in [2.45, 2.75) is 0 Å². The van der Waals surface area contributed by atoms with Crippen LogP contribution >= 0.6 is 23.2 Å². The zero-order chi connectivity index (χ0) is 19.9. The Balaban J connectivity index is 2.13. The van der Waals surface area contributed by atoms with Crippen molar-refractivity contribution in [2.75, 3.05) is 13.4 Å². The van der Waals surface area contributed by atoms with E-state index in [4.69, 9.17) is 27.9 Å². The number of sulfonamides is 1. The first-order valence-corrected chi connectivity index (χ1v) is 10.1. The molecule has 0 aliphatic rings. The zero-order valence-electron chi connectivity index (χ0n) is 14.1. The van der Waals surface area contributed by atoms with Gasteiger partial charge in [0, 0.05) is 17.6 Å². The fourth-order valence-corrected chi connectivity index (χ4v) is 3.56. The number of nitrogens with one attached hydrogen (secondary N) is 1. The van der Waals surface area contributed by atoms with Crippen LogP contribution in [0.4, 0.5) is 4.39 Å². The predicted molar refractivity (Wildman–Crippen MR) is 102 cm³/mol. The largest absolute Gasteiger partial charge is 0.497 e. The second-order valence-corrected chi connectivity index (χ2v) is 8.28.